The van der Waals surface area contributed by atoms with E-state index in [1.807, 2.05) is 19.2 Å². The Morgan fingerprint density at radius 3 is 2.88 bits per heavy atom. The van der Waals surface area contributed by atoms with Crippen LogP contribution in [-0.4, -0.2) is 15.0 Å². The lowest BCUT2D eigenvalue weighted by Gasteiger charge is -2.10. The normalized spacial score (nSPS) is 12.4. The monoisotopic (exact) mass is 248 g/mol. The molecule has 0 aliphatic heterocycles. The number of aromatic nitrogens is 3. The predicted molar refractivity (Wildman–Crippen MR) is 70.3 cm³/mol. The highest BCUT2D eigenvalue weighted by atomic mass is 32.1. The molecule has 0 aliphatic carbocycles. The minimum atomic E-state index is 0.141. The number of thiazole rings is 1. The summed E-state index contributed by atoms with van der Waals surface area (Å²) in [4.78, 5) is 14.2. The topological polar surface area (TPSA) is 50.7 Å². The molecule has 0 amide bonds. The van der Waals surface area contributed by atoms with Gasteiger partial charge in [-0.15, -0.1) is 11.3 Å². The Bertz CT molecular complexity index is 495. The summed E-state index contributed by atoms with van der Waals surface area (Å²) in [6.45, 7) is 6.17. The smallest absolute Gasteiger partial charge is 0.223 e. The van der Waals surface area contributed by atoms with Gasteiger partial charge in [0.05, 0.1) is 6.04 Å². The van der Waals surface area contributed by atoms with Gasteiger partial charge in [-0.25, -0.2) is 15.0 Å². The summed E-state index contributed by atoms with van der Waals surface area (Å²) < 4.78 is 0. The Kier molecular flexibility index (Phi) is 3.68. The molecule has 1 unspecified atom stereocenters. The Morgan fingerprint density at radius 1 is 1.41 bits per heavy atom. The summed E-state index contributed by atoms with van der Waals surface area (Å²) in [5.74, 6) is 0.658. The number of nitrogens with zero attached hydrogens (tertiary/aromatic N) is 3. The Morgan fingerprint density at radius 2 is 2.24 bits per heavy atom. The lowest BCUT2D eigenvalue weighted by molar-refractivity contribution is 0.845. The van der Waals surface area contributed by atoms with Gasteiger partial charge in [-0.3, -0.25) is 0 Å². The minimum absolute atomic E-state index is 0.141. The van der Waals surface area contributed by atoms with Crippen LogP contribution < -0.4 is 5.32 Å². The number of rotatable bonds is 4. The number of anilines is 1. The molecule has 0 bridgehead atoms. The molecule has 4 nitrogen and oxygen atoms in total. The van der Waals surface area contributed by atoms with E-state index in [-0.39, 0.29) is 6.04 Å². The maximum atomic E-state index is 4.41. The van der Waals surface area contributed by atoms with Crippen molar-refractivity contribution in [1.29, 1.82) is 0 Å². The number of hydrogen-bond acceptors (Lipinski definition) is 5. The van der Waals surface area contributed by atoms with Crippen LogP contribution in [0.5, 0.6) is 0 Å². The van der Waals surface area contributed by atoms with Crippen molar-refractivity contribution in [2.45, 2.75) is 33.2 Å². The van der Waals surface area contributed by atoms with E-state index in [4.69, 9.17) is 0 Å². The van der Waals surface area contributed by atoms with Crippen LogP contribution in [0.1, 0.15) is 35.5 Å². The minimum Gasteiger partial charge on any atom is -0.345 e. The summed E-state index contributed by atoms with van der Waals surface area (Å²) >= 11 is 1.74. The van der Waals surface area contributed by atoms with E-state index in [1.54, 1.807) is 17.5 Å². The Labute approximate surface area is 105 Å². The molecule has 0 saturated heterocycles. The molecule has 0 aliphatic rings. The molecule has 0 radical (unpaired) electrons. The molecule has 0 spiro atoms. The summed E-state index contributed by atoms with van der Waals surface area (Å²) in [5, 5.41) is 4.34. The average molecular weight is 248 g/mol. The van der Waals surface area contributed by atoms with Crippen LogP contribution in [0.3, 0.4) is 0 Å². The van der Waals surface area contributed by atoms with Crippen LogP contribution in [0, 0.1) is 6.92 Å². The van der Waals surface area contributed by atoms with Crippen molar-refractivity contribution in [1.82, 2.24) is 15.0 Å². The Hall–Kier alpha value is -1.49. The third kappa shape index (κ3) is 3.00. The second kappa shape index (κ2) is 5.23. The van der Waals surface area contributed by atoms with Crippen LogP contribution in [0.25, 0.3) is 0 Å². The van der Waals surface area contributed by atoms with Crippen LogP contribution >= 0.6 is 11.3 Å². The summed E-state index contributed by atoms with van der Waals surface area (Å²) in [5.41, 5.74) is 0.961. The zero-order valence-corrected chi connectivity index (χ0v) is 11.1. The first kappa shape index (κ1) is 12.0. The van der Waals surface area contributed by atoms with Crippen molar-refractivity contribution < 1.29 is 0 Å². The summed E-state index contributed by atoms with van der Waals surface area (Å²) in [6.07, 6.45) is 4.73. The predicted octanol–water partition coefficient (Wildman–Crippen LogP) is 2.98. The molecule has 0 fully saturated rings. The fourth-order valence-corrected chi connectivity index (χ4v) is 2.32. The quantitative estimate of drug-likeness (QED) is 0.903. The van der Waals surface area contributed by atoms with Crippen LogP contribution in [0.4, 0.5) is 5.95 Å². The number of aryl methyl sites for hydroxylation is 2. The van der Waals surface area contributed by atoms with Gasteiger partial charge < -0.3 is 5.32 Å². The van der Waals surface area contributed by atoms with E-state index in [9.17, 15) is 0 Å². The van der Waals surface area contributed by atoms with Gasteiger partial charge in [0.1, 0.15) is 5.01 Å². The van der Waals surface area contributed by atoms with Crippen molar-refractivity contribution in [2.24, 2.45) is 0 Å². The SMILES string of the molecule is CCc1cnc(C(C)Nc2nccc(C)n2)s1. The first-order chi connectivity index (χ1) is 8.19. The maximum absolute atomic E-state index is 4.41. The van der Waals surface area contributed by atoms with Gasteiger partial charge in [-0.1, -0.05) is 6.92 Å². The Balaban J connectivity index is 2.08. The van der Waals surface area contributed by atoms with Crippen LogP contribution in [0.15, 0.2) is 18.5 Å². The molecular weight excluding hydrogens is 232 g/mol. The summed E-state index contributed by atoms with van der Waals surface area (Å²) in [7, 11) is 0. The molecular formula is C12H16N4S. The van der Waals surface area contributed by atoms with Gasteiger partial charge in [0.15, 0.2) is 0 Å². The van der Waals surface area contributed by atoms with Gasteiger partial charge in [-0.2, -0.15) is 0 Å². The molecule has 0 aromatic carbocycles. The van der Waals surface area contributed by atoms with Gasteiger partial charge in [0.25, 0.3) is 0 Å². The molecule has 1 atom stereocenters. The van der Waals surface area contributed by atoms with Crippen molar-refractivity contribution >= 4 is 17.3 Å². The fourth-order valence-electron chi connectivity index (χ4n) is 1.46. The molecule has 2 rings (SSSR count). The second-order valence-corrected chi connectivity index (χ2v) is 5.05. The van der Waals surface area contributed by atoms with Gasteiger partial charge in [-0.05, 0) is 26.3 Å². The molecule has 17 heavy (non-hydrogen) atoms. The van der Waals surface area contributed by atoms with Crippen molar-refractivity contribution in [3.63, 3.8) is 0 Å². The molecule has 90 valence electrons. The van der Waals surface area contributed by atoms with E-state index in [0.29, 0.717) is 5.95 Å². The van der Waals surface area contributed by atoms with Crippen molar-refractivity contribution in [3.05, 3.63) is 34.0 Å². The van der Waals surface area contributed by atoms with E-state index < -0.39 is 0 Å². The highest BCUT2D eigenvalue weighted by Crippen LogP contribution is 2.22. The highest BCUT2D eigenvalue weighted by Gasteiger charge is 2.11. The lowest BCUT2D eigenvalue weighted by atomic mass is 10.3. The molecule has 5 heteroatoms. The second-order valence-electron chi connectivity index (χ2n) is 3.91. The zero-order valence-electron chi connectivity index (χ0n) is 10.3. The zero-order chi connectivity index (χ0) is 12.3. The van der Waals surface area contributed by atoms with Crippen LogP contribution in [-0.2, 0) is 6.42 Å². The largest absolute Gasteiger partial charge is 0.345 e. The van der Waals surface area contributed by atoms with E-state index in [0.717, 1.165) is 17.1 Å². The van der Waals surface area contributed by atoms with Gasteiger partial charge in [0, 0.05) is 23.0 Å². The molecule has 2 aromatic rings. The van der Waals surface area contributed by atoms with Crippen LogP contribution in [0.2, 0.25) is 0 Å². The van der Waals surface area contributed by atoms with E-state index in [2.05, 4.69) is 34.1 Å². The maximum Gasteiger partial charge on any atom is 0.223 e. The van der Waals surface area contributed by atoms with E-state index >= 15 is 0 Å². The number of hydrogen-bond donors (Lipinski definition) is 1. The third-order valence-electron chi connectivity index (χ3n) is 2.43. The molecule has 0 saturated carbocycles. The standard InChI is InChI=1S/C12H16N4S/c1-4-10-7-14-11(17-10)9(3)16-12-13-6-5-8(2)15-12/h5-7,9H,4H2,1-3H3,(H,13,15,16). The average Bonchev–Trinajstić information content (AvgIpc) is 2.77. The van der Waals surface area contributed by atoms with Gasteiger partial charge in [0.2, 0.25) is 5.95 Å². The molecule has 2 heterocycles. The third-order valence-corrected chi connectivity index (χ3v) is 3.76. The first-order valence-corrected chi connectivity index (χ1v) is 6.51. The van der Waals surface area contributed by atoms with Crippen molar-refractivity contribution in [3.8, 4) is 0 Å². The lowest BCUT2D eigenvalue weighted by Crippen LogP contribution is -2.09. The summed E-state index contributed by atoms with van der Waals surface area (Å²) in [6, 6.07) is 2.02. The fraction of sp³-hybridized carbons (Fsp3) is 0.417. The van der Waals surface area contributed by atoms with Gasteiger partial charge >= 0.3 is 0 Å². The van der Waals surface area contributed by atoms with Crippen molar-refractivity contribution in [2.75, 3.05) is 5.32 Å². The first-order valence-electron chi connectivity index (χ1n) is 5.70. The molecule has 1 N–H and O–H groups in total. The van der Waals surface area contributed by atoms with E-state index in [1.165, 1.54) is 4.88 Å². The molecule has 2 aromatic heterocycles. The highest BCUT2D eigenvalue weighted by molar-refractivity contribution is 7.11. The number of nitrogens with one attached hydrogen (secondary N) is 1.